The largest absolute Gasteiger partial charge is 0.461 e. The smallest absolute Gasteiger partial charge is 0.416 e. The molecule has 132 valence electrons. The molecule has 0 aliphatic heterocycles. The topological polar surface area (TPSA) is 59.0 Å². The number of ketones is 1. The first-order valence-electron chi connectivity index (χ1n) is 6.73. The molecule has 24 heavy (non-hydrogen) atoms. The van der Waals surface area contributed by atoms with Crippen molar-refractivity contribution in [3.63, 3.8) is 0 Å². The Bertz CT molecular complexity index is 663. The minimum absolute atomic E-state index is 0.0121. The highest BCUT2D eigenvalue weighted by Crippen LogP contribution is 2.35. The van der Waals surface area contributed by atoms with Crippen LogP contribution in [0.1, 0.15) is 25.8 Å². The summed E-state index contributed by atoms with van der Waals surface area (Å²) in [6.07, 6.45) is -4.61. The van der Waals surface area contributed by atoms with Crippen LogP contribution in [0.25, 0.3) is 0 Å². The van der Waals surface area contributed by atoms with Crippen LogP contribution in [0.2, 0.25) is 5.02 Å². The van der Waals surface area contributed by atoms with Gasteiger partial charge in [0, 0.05) is 18.2 Å². The molecule has 0 fully saturated rings. The third kappa shape index (κ3) is 5.10. The lowest BCUT2D eigenvalue weighted by Crippen LogP contribution is -2.28. The molecule has 1 aromatic rings. The van der Waals surface area contributed by atoms with Crippen LogP contribution in [0.5, 0.6) is 0 Å². The summed E-state index contributed by atoms with van der Waals surface area (Å²) in [5.41, 5.74) is -1.68. The molecule has 0 unspecified atom stereocenters. The molecule has 0 atom stereocenters. The van der Waals surface area contributed by atoms with Crippen molar-refractivity contribution in [2.75, 3.05) is 11.1 Å². The normalized spacial score (nSPS) is 12.0. The van der Waals surface area contributed by atoms with Gasteiger partial charge in [-0.2, -0.15) is 17.7 Å². The fourth-order valence-corrected chi connectivity index (χ4v) is 2.08. The molecule has 0 N–H and O–H groups in total. The third-order valence-electron chi connectivity index (χ3n) is 2.72. The van der Waals surface area contributed by atoms with E-state index in [0.29, 0.717) is 10.6 Å². The number of ether oxygens (including phenoxy) is 1. The molecule has 0 aliphatic carbocycles. The van der Waals surface area contributed by atoms with Crippen LogP contribution in [0.4, 0.5) is 18.9 Å². The minimum atomic E-state index is -4.57. The van der Waals surface area contributed by atoms with Crippen LogP contribution < -0.4 is 4.53 Å². The number of esters is 1. The Labute approximate surface area is 146 Å². The number of rotatable bonds is 6. The van der Waals surface area contributed by atoms with Crippen molar-refractivity contribution in [3.8, 4) is 0 Å². The van der Waals surface area contributed by atoms with Gasteiger partial charge in [-0.3, -0.25) is 4.79 Å². The number of benzene rings is 1. The Hall–Kier alpha value is -1.80. The van der Waals surface area contributed by atoms with E-state index in [0.717, 1.165) is 12.1 Å². The zero-order valence-electron chi connectivity index (χ0n) is 12.7. The lowest BCUT2D eigenvalue weighted by atomic mass is 10.2. The molecule has 0 bridgehead atoms. The van der Waals surface area contributed by atoms with Gasteiger partial charge in [0.25, 0.3) is 0 Å². The summed E-state index contributed by atoms with van der Waals surface area (Å²) in [5.74, 6) is -1.62. The number of alkyl halides is 3. The molecule has 10 heteroatoms. The van der Waals surface area contributed by atoms with Crippen LogP contribution >= 0.6 is 23.4 Å². The zero-order valence-corrected chi connectivity index (χ0v) is 14.2. The molecule has 1 aromatic carbocycles. The SMILES string of the molecule is CCOC(=O)C(=NN(Cl)c1ccc(C(F)(F)F)cc1Cl)C(=O)CC. The standard InChI is InChI=1S/C14H13Cl2F3N2O3/c1-3-11(22)12(13(23)24-4-2)20-21(16)10-6-5-8(7-9(10)15)14(17,18)19/h5-7H,3-4H2,1-2H3. The molecule has 1 rings (SSSR count). The van der Waals surface area contributed by atoms with Gasteiger partial charge in [0.05, 0.1) is 22.9 Å². The second-order valence-electron chi connectivity index (χ2n) is 4.37. The number of carbonyl (C=O) groups excluding carboxylic acids is 2. The van der Waals surface area contributed by atoms with Crippen LogP contribution in [0, 0.1) is 0 Å². The Morgan fingerprint density at radius 1 is 1.29 bits per heavy atom. The molecular formula is C14H13Cl2F3N2O3. The van der Waals surface area contributed by atoms with Gasteiger partial charge < -0.3 is 4.74 Å². The molecule has 0 spiro atoms. The van der Waals surface area contributed by atoms with Gasteiger partial charge in [-0.1, -0.05) is 18.5 Å². The zero-order chi connectivity index (χ0) is 18.5. The van der Waals surface area contributed by atoms with Crippen molar-refractivity contribution in [2.24, 2.45) is 5.10 Å². The Morgan fingerprint density at radius 2 is 1.92 bits per heavy atom. The number of hydrogen-bond acceptors (Lipinski definition) is 5. The van der Waals surface area contributed by atoms with Crippen molar-refractivity contribution in [2.45, 2.75) is 26.4 Å². The van der Waals surface area contributed by atoms with E-state index in [1.54, 1.807) is 0 Å². The minimum Gasteiger partial charge on any atom is -0.461 e. The van der Waals surface area contributed by atoms with Crippen molar-refractivity contribution in [3.05, 3.63) is 28.8 Å². The Balaban J connectivity index is 3.21. The molecular weight excluding hydrogens is 372 g/mol. The predicted molar refractivity (Wildman–Crippen MR) is 84.2 cm³/mol. The maximum absolute atomic E-state index is 12.6. The molecule has 0 aromatic heterocycles. The van der Waals surface area contributed by atoms with Gasteiger partial charge >= 0.3 is 12.1 Å². The van der Waals surface area contributed by atoms with E-state index in [1.165, 1.54) is 13.8 Å². The van der Waals surface area contributed by atoms with Crippen molar-refractivity contribution in [1.29, 1.82) is 0 Å². The van der Waals surface area contributed by atoms with Gasteiger partial charge in [0.2, 0.25) is 5.71 Å². The number of hydrazone groups is 1. The van der Waals surface area contributed by atoms with Gasteiger partial charge in [-0.05, 0) is 25.1 Å². The Morgan fingerprint density at radius 3 is 2.38 bits per heavy atom. The van der Waals surface area contributed by atoms with Gasteiger partial charge in [-0.15, -0.1) is 5.10 Å². The first-order valence-corrected chi connectivity index (χ1v) is 7.45. The summed E-state index contributed by atoms with van der Waals surface area (Å²) in [5, 5.41) is 3.26. The van der Waals surface area contributed by atoms with E-state index in [4.69, 9.17) is 28.1 Å². The lowest BCUT2D eigenvalue weighted by molar-refractivity contribution is -0.138. The monoisotopic (exact) mass is 384 g/mol. The Kier molecular flexibility index (Phi) is 7.04. The number of halogens is 5. The number of nitrogens with zero attached hydrogens (tertiary/aromatic N) is 2. The first kappa shape index (κ1) is 20.2. The molecule has 5 nitrogen and oxygen atoms in total. The summed E-state index contributed by atoms with van der Waals surface area (Å²) >= 11 is 11.6. The second-order valence-corrected chi connectivity index (χ2v) is 5.10. The summed E-state index contributed by atoms with van der Waals surface area (Å²) in [7, 11) is 0. The number of carbonyl (C=O) groups is 2. The van der Waals surface area contributed by atoms with Crippen molar-refractivity contribution < 1.29 is 27.5 Å². The quantitative estimate of drug-likeness (QED) is 0.242. The summed E-state index contributed by atoms with van der Waals surface area (Å²) < 4.78 is 43.1. The van der Waals surface area contributed by atoms with E-state index < -0.39 is 29.2 Å². The fourth-order valence-electron chi connectivity index (χ4n) is 1.55. The van der Waals surface area contributed by atoms with E-state index in [9.17, 15) is 22.8 Å². The lowest BCUT2D eigenvalue weighted by Gasteiger charge is -2.15. The fraction of sp³-hybridized carbons (Fsp3) is 0.357. The van der Waals surface area contributed by atoms with Crippen LogP contribution in [0.3, 0.4) is 0 Å². The summed E-state index contributed by atoms with van der Waals surface area (Å²) in [4.78, 5) is 23.5. The van der Waals surface area contributed by atoms with E-state index in [-0.39, 0.29) is 23.7 Å². The number of anilines is 1. The number of hydrogen-bond donors (Lipinski definition) is 0. The van der Waals surface area contributed by atoms with E-state index in [2.05, 4.69) is 5.10 Å². The van der Waals surface area contributed by atoms with Crippen LogP contribution in [-0.4, -0.2) is 24.1 Å². The van der Waals surface area contributed by atoms with Crippen molar-refractivity contribution in [1.82, 2.24) is 0 Å². The highest BCUT2D eigenvalue weighted by Gasteiger charge is 2.31. The van der Waals surface area contributed by atoms with E-state index >= 15 is 0 Å². The maximum Gasteiger partial charge on any atom is 0.416 e. The molecule has 0 saturated heterocycles. The summed E-state index contributed by atoms with van der Waals surface area (Å²) in [6, 6.07) is 2.38. The van der Waals surface area contributed by atoms with Crippen LogP contribution in [-0.2, 0) is 20.5 Å². The highest BCUT2D eigenvalue weighted by atomic mass is 35.5. The molecule has 0 aliphatic rings. The van der Waals surface area contributed by atoms with Crippen molar-refractivity contribution >= 4 is 46.5 Å². The third-order valence-corrected chi connectivity index (χ3v) is 3.28. The van der Waals surface area contributed by atoms with Crippen LogP contribution in [0.15, 0.2) is 23.3 Å². The molecule has 0 saturated carbocycles. The summed E-state index contributed by atoms with van der Waals surface area (Å²) in [6.45, 7) is 3.05. The van der Waals surface area contributed by atoms with Gasteiger partial charge in [-0.25, -0.2) is 4.79 Å². The highest BCUT2D eigenvalue weighted by molar-refractivity contribution is 6.64. The van der Waals surface area contributed by atoms with E-state index in [1.807, 2.05) is 0 Å². The molecule has 0 amide bonds. The average molecular weight is 385 g/mol. The predicted octanol–water partition coefficient (Wildman–Crippen LogP) is 4.22. The second kappa shape index (κ2) is 8.34. The van der Waals surface area contributed by atoms with Gasteiger partial charge in [0.15, 0.2) is 5.78 Å². The average Bonchev–Trinajstić information content (AvgIpc) is 2.50. The first-order chi connectivity index (χ1) is 11.1. The number of Topliss-reactive ketones (excluding diaryl/α,β-unsaturated/α-hetero) is 1. The molecule has 0 heterocycles. The molecule has 0 radical (unpaired) electrons. The van der Waals surface area contributed by atoms with Gasteiger partial charge in [0.1, 0.15) is 0 Å². The maximum atomic E-state index is 12.6.